The standard InChI is InChI=1S/C62H66N4O10S3/c1-2-3-4-5-6-7-8-9-10-11-12-13-14-15-16-17-42-76-47-26-18-43(19-27-47)59-51-34-36-53(63-51)60(44-20-28-48(29-21-44)77(67,68)69)55-38-40-57(65-55)62(46-24-32-50(33-25-46)79(73,74)75)58-41-39-56(66-58)61(54-37-35-52(59)64-54)45-22-30-49(31-23-45)78(70,71)72/h18-41,63,66H,2-17,42H2,1H3,(H,67,68,69)(H,70,71,72)(H,73,74,75). The molecule has 79 heavy (non-hydrogen) atoms. The van der Waals surface area contributed by atoms with E-state index in [0.717, 1.165) is 29.7 Å². The Morgan fingerprint density at radius 3 is 0.873 bits per heavy atom. The zero-order chi connectivity index (χ0) is 55.6. The van der Waals surface area contributed by atoms with Crippen molar-refractivity contribution in [2.24, 2.45) is 0 Å². The van der Waals surface area contributed by atoms with E-state index in [2.05, 4.69) is 16.9 Å². The Labute approximate surface area is 463 Å². The fourth-order valence-corrected chi connectivity index (χ4v) is 11.8. The molecule has 0 fully saturated rings. The molecule has 412 valence electrons. The normalized spacial score (nSPS) is 12.6. The lowest BCUT2D eigenvalue weighted by Gasteiger charge is -2.09. The minimum absolute atomic E-state index is 0.281. The Kier molecular flexibility index (Phi) is 18.3. The Bertz CT molecular complexity index is 3800. The monoisotopic (exact) mass is 1120 g/mol. The van der Waals surface area contributed by atoms with E-state index in [1.54, 1.807) is 42.5 Å². The Hall–Kier alpha value is -6.99. The molecule has 5 heterocycles. The number of unbranched alkanes of at least 4 members (excludes halogenated alkanes) is 15. The largest absolute Gasteiger partial charge is 0.494 e. The SMILES string of the molecule is CCCCCCCCCCCCCCCCCCOc1ccc(-c2c3nc(c(-c4ccc(S(=O)(=O)O)cc4)c4ccc([nH]4)c(-c4ccc(S(=O)(=O)O)cc4)c4nc(c(-c5ccc(S(=O)(=O)O)cc5)c5ccc2[nH]5)C=C4)C=C3)cc1. The minimum Gasteiger partial charge on any atom is -0.494 e. The van der Waals surface area contributed by atoms with Crippen molar-refractivity contribution >= 4 is 76.7 Å². The summed E-state index contributed by atoms with van der Waals surface area (Å²) in [6.45, 7) is 2.87. The average molecular weight is 1120 g/mol. The predicted octanol–water partition coefficient (Wildman–Crippen LogP) is 15.7. The second kappa shape index (κ2) is 25.4. The smallest absolute Gasteiger partial charge is 0.294 e. The van der Waals surface area contributed by atoms with Gasteiger partial charge >= 0.3 is 0 Å². The molecular formula is C62H66N4O10S3. The van der Waals surface area contributed by atoms with Gasteiger partial charge in [-0.15, -0.1) is 0 Å². The van der Waals surface area contributed by atoms with Crippen molar-refractivity contribution in [3.8, 4) is 50.3 Å². The summed E-state index contributed by atoms with van der Waals surface area (Å²) in [5, 5.41) is 0. The lowest BCUT2D eigenvalue weighted by atomic mass is 10.0. The van der Waals surface area contributed by atoms with Crippen LogP contribution in [0.5, 0.6) is 5.75 Å². The molecule has 0 radical (unpaired) electrons. The highest BCUT2D eigenvalue weighted by molar-refractivity contribution is 7.86. The maximum Gasteiger partial charge on any atom is 0.294 e. The molecule has 9 rings (SSSR count). The third-order valence-electron chi connectivity index (χ3n) is 14.5. The highest BCUT2D eigenvalue weighted by Crippen LogP contribution is 2.39. The molecule has 4 aromatic carbocycles. The molecule has 17 heteroatoms. The summed E-state index contributed by atoms with van der Waals surface area (Å²) in [6.07, 6.45) is 28.1. The molecule has 2 aliphatic heterocycles. The van der Waals surface area contributed by atoms with Crippen LogP contribution < -0.4 is 4.74 Å². The Balaban J connectivity index is 1.08. The first-order valence-electron chi connectivity index (χ1n) is 27.2. The molecule has 8 bridgehead atoms. The van der Waals surface area contributed by atoms with Gasteiger partial charge in [0.15, 0.2) is 0 Å². The Morgan fingerprint density at radius 1 is 0.354 bits per heavy atom. The maximum absolute atomic E-state index is 12.2. The van der Waals surface area contributed by atoms with Crippen molar-refractivity contribution in [2.75, 3.05) is 6.61 Å². The molecule has 0 aliphatic carbocycles. The van der Waals surface area contributed by atoms with Gasteiger partial charge in [0.1, 0.15) is 5.75 Å². The molecule has 3 aromatic heterocycles. The van der Waals surface area contributed by atoms with Gasteiger partial charge in [-0.05, 0) is 126 Å². The van der Waals surface area contributed by atoms with Gasteiger partial charge < -0.3 is 14.7 Å². The predicted molar refractivity (Wildman–Crippen MR) is 315 cm³/mol. The third-order valence-corrected chi connectivity index (χ3v) is 17.1. The number of nitrogens with zero attached hydrogens (tertiary/aromatic N) is 2. The summed E-state index contributed by atoms with van der Waals surface area (Å²) < 4.78 is 109. The number of hydrogen-bond donors (Lipinski definition) is 5. The molecule has 0 amide bonds. The molecular weight excluding hydrogens is 1060 g/mol. The second-order valence-electron chi connectivity index (χ2n) is 20.2. The van der Waals surface area contributed by atoms with Gasteiger partial charge in [0.05, 0.1) is 44.1 Å². The zero-order valence-corrected chi connectivity index (χ0v) is 46.6. The quantitative estimate of drug-likeness (QED) is 0.0266. The van der Waals surface area contributed by atoms with Crippen LogP contribution in [0.3, 0.4) is 0 Å². The molecule has 0 atom stereocenters. The van der Waals surface area contributed by atoms with Crippen molar-refractivity contribution < 1.29 is 43.6 Å². The van der Waals surface area contributed by atoms with Crippen molar-refractivity contribution in [3.05, 3.63) is 144 Å². The van der Waals surface area contributed by atoms with Gasteiger partial charge in [0.25, 0.3) is 30.4 Å². The molecule has 0 saturated carbocycles. The number of fused-ring (bicyclic) bond motifs is 8. The third kappa shape index (κ3) is 14.3. The van der Waals surface area contributed by atoms with Crippen molar-refractivity contribution in [1.29, 1.82) is 0 Å². The number of H-pyrrole nitrogens is 2. The van der Waals surface area contributed by atoms with E-state index in [-0.39, 0.29) is 14.7 Å². The van der Waals surface area contributed by atoms with Gasteiger partial charge in [0, 0.05) is 44.3 Å². The van der Waals surface area contributed by atoms with E-state index in [0.29, 0.717) is 84.8 Å². The molecule has 2 aliphatic rings. The second-order valence-corrected chi connectivity index (χ2v) is 24.4. The lowest BCUT2D eigenvalue weighted by Crippen LogP contribution is -1.97. The molecule has 0 unspecified atom stereocenters. The van der Waals surface area contributed by atoms with Crippen LogP contribution in [0.25, 0.3) is 90.9 Å². The molecule has 5 N–H and O–H groups in total. The van der Waals surface area contributed by atoms with E-state index < -0.39 is 30.4 Å². The summed E-state index contributed by atoms with van der Waals surface area (Å²) in [4.78, 5) is 16.8. The molecule has 0 spiro atoms. The van der Waals surface area contributed by atoms with Gasteiger partial charge in [-0.2, -0.15) is 25.3 Å². The summed E-state index contributed by atoms with van der Waals surface area (Å²) in [7, 11) is -13.5. The summed E-state index contributed by atoms with van der Waals surface area (Å²) >= 11 is 0. The Morgan fingerprint density at radius 2 is 0.608 bits per heavy atom. The zero-order valence-electron chi connectivity index (χ0n) is 44.2. The fourth-order valence-electron chi connectivity index (χ4n) is 10.4. The summed E-state index contributed by atoms with van der Waals surface area (Å²) in [5.41, 5.74) is 9.48. The van der Waals surface area contributed by atoms with Crippen LogP contribution in [-0.4, -0.2) is 65.5 Å². The van der Waals surface area contributed by atoms with E-state index >= 15 is 0 Å². The first kappa shape index (κ1) is 56.7. The molecule has 0 saturated heterocycles. The number of benzene rings is 4. The molecule has 7 aromatic rings. The van der Waals surface area contributed by atoms with Crippen LogP contribution in [0.4, 0.5) is 0 Å². The van der Waals surface area contributed by atoms with Gasteiger partial charge in [-0.1, -0.05) is 152 Å². The highest BCUT2D eigenvalue weighted by Gasteiger charge is 2.21. The van der Waals surface area contributed by atoms with E-state index in [1.807, 2.05) is 66.8 Å². The van der Waals surface area contributed by atoms with E-state index in [4.69, 9.17) is 14.7 Å². The van der Waals surface area contributed by atoms with Crippen LogP contribution in [-0.2, 0) is 30.4 Å². The van der Waals surface area contributed by atoms with Gasteiger partial charge in [-0.3, -0.25) is 13.7 Å². The number of nitrogens with one attached hydrogen (secondary N) is 2. The van der Waals surface area contributed by atoms with Crippen LogP contribution in [0, 0.1) is 0 Å². The van der Waals surface area contributed by atoms with E-state index in [9.17, 15) is 38.9 Å². The average Bonchev–Trinajstić information content (AvgIpc) is 4.44. The minimum atomic E-state index is -4.52. The number of hydrogen-bond acceptors (Lipinski definition) is 9. The fraction of sp³-hybridized carbons (Fsp3) is 0.290. The van der Waals surface area contributed by atoms with Crippen LogP contribution in [0.15, 0.2) is 136 Å². The number of ether oxygens (including phenoxy) is 1. The number of rotatable bonds is 25. The summed E-state index contributed by atoms with van der Waals surface area (Å²) in [6, 6.07) is 32.7. The van der Waals surface area contributed by atoms with Gasteiger partial charge in [0.2, 0.25) is 0 Å². The van der Waals surface area contributed by atoms with Crippen LogP contribution in [0.2, 0.25) is 0 Å². The van der Waals surface area contributed by atoms with Crippen molar-refractivity contribution in [1.82, 2.24) is 19.9 Å². The maximum atomic E-state index is 12.2. The van der Waals surface area contributed by atoms with Crippen molar-refractivity contribution in [2.45, 2.75) is 124 Å². The molecule has 14 nitrogen and oxygen atoms in total. The van der Waals surface area contributed by atoms with Crippen LogP contribution >= 0.6 is 0 Å². The van der Waals surface area contributed by atoms with Crippen LogP contribution in [0.1, 0.15) is 132 Å². The lowest BCUT2D eigenvalue weighted by molar-refractivity contribution is 0.304. The summed E-state index contributed by atoms with van der Waals surface area (Å²) in [5.74, 6) is 0.737. The first-order chi connectivity index (χ1) is 38.0. The van der Waals surface area contributed by atoms with Gasteiger partial charge in [-0.25, -0.2) is 9.97 Å². The number of aromatic nitrogens is 4. The topological polar surface area (TPSA) is 230 Å². The number of aromatic amines is 2. The first-order valence-corrected chi connectivity index (χ1v) is 31.5. The van der Waals surface area contributed by atoms with E-state index in [1.165, 1.54) is 126 Å². The van der Waals surface area contributed by atoms with Crippen molar-refractivity contribution in [3.63, 3.8) is 0 Å². The highest BCUT2D eigenvalue weighted by atomic mass is 32.2.